The second kappa shape index (κ2) is 5.52. The summed E-state index contributed by atoms with van der Waals surface area (Å²) in [6.45, 7) is 6.68. The summed E-state index contributed by atoms with van der Waals surface area (Å²) in [7, 11) is 0. The molecule has 0 aliphatic carbocycles. The molecule has 1 heterocycles. The van der Waals surface area contributed by atoms with Crippen molar-refractivity contribution in [2.24, 2.45) is 0 Å². The number of likely N-dealkylation sites (tertiary alicyclic amines) is 1. The number of ether oxygens (including phenoxy) is 1. The zero-order valence-corrected chi connectivity index (χ0v) is 10.6. The molecule has 94 valence electrons. The van der Waals surface area contributed by atoms with Crippen LogP contribution in [0, 0.1) is 0 Å². The van der Waals surface area contributed by atoms with E-state index in [-0.39, 0.29) is 12.2 Å². The van der Waals surface area contributed by atoms with Crippen LogP contribution in [0.5, 0.6) is 5.75 Å². The lowest BCUT2D eigenvalue weighted by Crippen LogP contribution is -2.22. The Bertz CT molecular complexity index is 365. The fourth-order valence-corrected chi connectivity index (χ4v) is 2.20. The number of hydrogen-bond acceptors (Lipinski definition) is 3. The third kappa shape index (κ3) is 3.45. The van der Waals surface area contributed by atoms with Crippen LogP contribution in [0.25, 0.3) is 0 Å². The van der Waals surface area contributed by atoms with Gasteiger partial charge in [0.2, 0.25) is 0 Å². The predicted octanol–water partition coefficient (Wildman–Crippen LogP) is 2.04. The first-order valence-corrected chi connectivity index (χ1v) is 6.30. The maximum absolute atomic E-state index is 9.52. The number of nitrogens with zero attached hydrogens (tertiary/aromatic N) is 1. The minimum Gasteiger partial charge on any atom is -0.491 e. The van der Waals surface area contributed by atoms with Gasteiger partial charge in [-0.3, -0.25) is 4.90 Å². The monoisotopic (exact) mass is 235 g/mol. The number of β-amino-alcohol motifs (C(OH)–C–C–N with tert-alkyl or cyclic N) is 1. The van der Waals surface area contributed by atoms with Crippen LogP contribution >= 0.6 is 0 Å². The highest BCUT2D eigenvalue weighted by Crippen LogP contribution is 2.22. The van der Waals surface area contributed by atoms with E-state index in [4.69, 9.17) is 4.74 Å². The molecule has 1 fully saturated rings. The molecule has 1 aliphatic rings. The fraction of sp³-hybridized carbons (Fsp3) is 0.571. The summed E-state index contributed by atoms with van der Waals surface area (Å²) in [4.78, 5) is 2.27. The van der Waals surface area contributed by atoms with E-state index in [1.165, 1.54) is 5.56 Å². The normalized spacial score (nSPS) is 21.1. The number of benzene rings is 1. The minimum atomic E-state index is -0.159. The van der Waals surface area contributed by atoms with Crippen LogP contribution in [0.3, 0.4) is 0 Å². The van der Waals surface area contributed by atoms with Crippen LogP contribution in [0.1, 0.15) is 25.8 Å². The van der Waals surface area contributed by atoms with Crippen molar-refractivity contribution >= 4 is 0 Å². The molecule has 1 aliphatic heterocycles. The number of hydrogen-bond donors (Lipinski definition) is 1. The van der Waals surface area contributed by atoms with E-state index in [0.717, 1.165) is 31.8 Å². The predicted molar refractivity (Wildman–Crippen MR) is 68.1 cm³/mol. The quantitative estimate of drug-likeness (QED) is 0.867. The van der Waals surface area contributed by atoms with Gasteiger partial charge in [0.25, 0.3) is 0 Å². The molecule has 0 radical (unpaired) electrons. The van der Waals surface area contributed by atoms with Crippen molar-refractivity contribution in [3.63, 3.8) is 0 Å². The standard InChI is InChI=1S/C14H21NO2/c1-11(2)17-14-6-4-3-5-12(14)9-15-8-7-13(16)10-15/h3-6,11,13,16H,7-10H2,1-2H3/t13-/m0/s1. The Kier molecular flexibility index (Phi) is 4.02. The molecule has 3 heteroatoms. The van der Waals surface area contributed by atoms with E-state index in [0.29, 0.717) is 0 Å². The van der Waals surface area contributed by atoms with Crippen molar-refractivity contribution in [1.29, 1.82) is 0 Å². The van der Waals surface area contributed by atoms with Gasteiger partial charge in [0.05, 0.1) is 12.2 Å². The van der Waals surface area contributed by atoms with Gasteiger partial charge in [-0.1, -0.05) is 18.2 Å². The maximum Gasteiger partial charge on any atom is 0.124 e. The summed E-state index contributed by atoms with van der Waals surface area (Å²) in [5, 5.41) is 9.52. The Hall–Kier alpha value is -1.06. The third-order valence-corrected chi connectivity index (χ3v) is 2.98. The first-order valence-electron chi connectivity index (χ1n) is 6.30. The van der Waals surface area contributed by atoms with E-state index < -0.39 is 0 Å². The Morgan fingerprint density at radius 3 is 2.82 bits per heavy atom. The van der Waals surface area contributed by atoms with Gasteiger partial charge in [0.1, 0.15) is 5.75 Å². The molecule has 0 spiro atoms. The highest BCUT2D eigenvalue weighted by Gasteiger charge is 2.21. The zero-order chi connectivity index (χ0) is 12.3. The van der Waals surface area contributed by atoms with Gasteiger partial charge < -0.3 is 9.84 Å². The van der Waals surface area contributed by atoms with Gasteiger partial charge in [0, 0.05) is 25.2 Å². The molecule has 1 aromatic carbocycles. The highest BCUT2D eigenvalue weighted by atomic mass is 16.5. The van der Waals surface area contributed by atoms with E-state index in [9.17, 15) is 5.11 Å². The average molecular weight is 235 g/mol. The number of aliphatic hydroxyl groups excluding tert-OH is 1. The first kappa shape index (κ1) is 12.4. The van der Waals surface area contributed by atoms with Gasteiger partial charge in [-0.2, -0.15) is 0 Å². The second-order valence-electron chi connectivity index (χ2n) is 4.95. The van der Waals surface area contributed by atoms with Crippen LogP contribution < -0.4 is 4.74 Å². The molecule has 1 atom stereocenters. The van der Waals surface area contributed by atoms with Gasteiger partial charge >= 0.3 is 0 Å². The summed E-state index contributed by atoms with van der Waals surface area (Å²) in [5.41, 5.74) is 1.20. The number of para-hydroxylation sites is 1. The van der Waals surface area contributed by atoms with Crippen LogP contribution in [0.15, 0.2) is 24.3 Å². The van der Waals surface area contributed by atoms with Crippen molar-refractivity contribution in [1.82, 2.24) is 4.90 Å². The van der Waals surface area contributed by atoms with Gasteiger partial charge in [-0.15, -0.1) is 0 Å². The lowest BCUT2D eigenvalue weighted by atomic mass is 10.2. The molecule has 3 nitrogen and oxygen atoms in total. The van der Waals surface area contributed by atoms with Crippen molar-refractivity contribution < 1.29 is 9.84 Å². The smallest absolute Gasteiger partial charge is 0.124 e. The van der Waals surface area contributed by atoms with Crippen molar-refractivity contribution in [3.8, 4) is 5.75 Å². The van der Waals surface area contributed by atoms with E-state index in [1.807, 2.05) is 32.0 Å². The van der Waals surface area contributed by atoms with Crippen LogP contribution in [-0.4, -0.2) is 35.3 Å². The van der Waals surface area contributed by atoms with Crippen LogP contribution in [0.4, 0.5) is 0 Å². The lowest BCUT2D eigenvalue weighted by Gasteiger charge is -2.19. The zero-order valence-electron chi connectivity index (χ0n) is 10.6. The topological polar surface area (TPSA) is 32.7 Å². The summed E-state index contributed by atoms with van der Waals surface area (Å²) in [6, 6.07) is 8.15. The van der Waals surface area contributed by atoms with Gasteiger partial charge in [-0.05, 0) is 26.3 Å². The molecule has 0 unspecified atom stereocenters. The fourth-order valence-electron chi connectivity index (χ4n) is 2.20. The molecule has 0 saturated carbocycles. The minimum absolute atomic E-state index is 0.159. The summed E-state index contributed by atoms with van der Waals surface area (Å²) >= 11 is 0. The lowest BCUT2D eigenvalue weighted by molar-refractivity contribution is 0.173. The van der Waals surface area contributed by atoms with Crippen LogP contribution in [0.2, 0.25) is 0 Å². The highest BCUT2D eigenvalue weighted by molar-refractivity contribution is 5.33. The Morgan fingerprint density at radius 1 is 1.41 bits per heavy atom. The molecule has 1 aromatic rings. The SMILES string of the molecule is CC(C)Oc1ccccc1CN1CC[C@H](O)C1. The summed E-state index contributed by atoms with van der Waals surface area (Å²) in [6.07, 6.45) is 0.918. The van der Waals surface area contributed by atoms with Gasteiger partial charge in [-0.25, -0.2) is 0 Å². The summed E-state index contributed by atoms with van der Waals surface area (Å²) < 4.78 is 5.79. The van der Waals surface area contributed by atoms with E-state index in [1.54, 1.807) is 0 Å². The molecule has 0 aromatic heterocycles. The van der Waals surface area contributed by atoms with E-state index >= 15 is 0 Å². The second-order valence-corrected chi connectivity index (χ2v) is 4.95. The molecule has 0 amide bonds. The molecule has 1 saturated heterocycles. The number of rotatable bonds is 4. The Balaban J connectivity index is 2.04. The molecule has 1 N–H and O–H groups in total. The van der Waals surface area contributed by atoms with Crippen LogP contribution in [-0.2, 0) is 6.54 Å². The van der Waals surface area contributed by atoms with Crippen molar-refractivity contribution in [3.05, 3.63) is 29.8 Å². The van der Waals surface area contributed by atoms with Gasteiger partial charge in [0.15, 0.2) is 0 Å². The van der Waals surface area contributed by atoms with E-state index in [2.05, 4.69) is 11.0 Å². The molecular formula is C14H21NO2. The Morgan fingerprint density at radius 2 is 2.18 bits per heavy atom. The first-order chi connectivity index (χ1) is 8.15. The summed E-state index contributed by atoms with van der Waals surface area (Å²) in [5.74, 6) is 0.962. The third-order valence-electron chi connectivity index (χ3n) is 2.98. The maximum atomic E-state index is 9.52. The number of aliphatic hydroxyl groups is 1. The largest absolute Gasteiger partial charge is 0.491 e. The van der Waals surface area contributed by atoms with Crippen molar-refractivity contribution in [2.75, 3.05) is 13.1 Å². The molecule has 17 heavy (non-hydrogen) atoms. The molecule has 0 bridgehead atoms. The van der Waals surface area contributed by atoms with Crippen molar-refractivity contribution in [2.45, 2.75) is 39.0 Å². The molecule has 2 rings (SSSR count). The average Bonchev–Trinajstić information content (AvgIpc) is 2.66. The molecular weight excluding hydrogens is 214 g/mol. The Labute approximate surface area is 103 Å².